The summed E-state index contributed by atoms with van der Waals surface area (Å²) in [6.45, 7) is 2.39. The highest BCUT2D eigenvalue weighted by Crippen LogP contribution is 2.23. The Morgan fingerprint density at radius 2 is 2.07 bits per heavy atom. The van der Waals surface area contributed by atoms with Crippen molar-refractivity contribution in [2.45, 2.75) is 6.10 Å². The van der Waals surface area contributed by atoms with E-state index in [1.807, 2.05) is 0 Å². The fourth-order valence-corrected chi connectivity index (χ4v) is 1.93. The maximum Gasteiger partial charge on any atom is 0.131 e. The van der Waals surface area contributed by atoms with E-state index < -0.39 is 0 Å². The zero-order chi connectivity index (χ0) is 9.97. The first kappa shape index (κ1) is 10.2. The van der Waals surface area contributed by atoms with Crippen LogP contribution < -0.4 is 5.32 Å². The highest BCUT2D eigenvalue weighted by Gasteiger charge is 2.16. The van der Waals surface area contributed by atoms with Crippen LogP contribution in [0.1, 0.15) is 11.7 Å². The molecule has 2 heterocycles. The Balaban J connectivity index is 2.21. The number of halogens is 2. The van der Waals surface area contributed by atoms with E-state index in [2.05, 4.69) is 10.3 Å². The number of rotatable bonds is 1. The first-order valence-corrected chi connectivity index (χ1v) is 5.16. The number of hydrogen-bond donors (Lipinski definition) is 1. The maximum absolute atomic E-state index is 5.80. The highest BCUT2D eigenvalue weighted by atomic mass is 35.5. The second-order valence-electron chi connectivity index (χ2n) is 3.11. The summed E-state index contributed by atoms with van der Waals surface area (Å²) in [5, 5.41) is 4.05. The predicted molar refractivity (Wildman–Crippen MR) is 55.8 cm³/mol. The van der Waals surface area contributed by atoms with Gasteiger partial charge in [0.2, 0.25) is 0 Å². The molecule has 0 saturated carbocycles. The lowest BCUT2D eigenvalue weighted by Crippen LogP contribution is -2.33. The van der Waals surface area contributed by atoms with Crippen molar-refractivity contribution in [3.05, 3.63) is 28.0 Å². The molecule has 1 fully saturated rings. The van der Waals surface area contributed by atoms with Crippen molar-refractivity contribution in [1.82, 2.24) is 10.3 Å². The molecule has 0 radical (unpaired) electrons. The van der Waals surface area contributed by atoms with Crippen LogP contribution in [0, 0.1) is 0 Å². The fraction of sp³-hybridized carbons (Fsp3) is 0.444. The minimum Gasteiger partial charge on any atom is -0.371 e. The quantitative estimate of drug-likeness (QED) is 0.754. The van der Waals surface area contributed by atoms with Gasteiger partial charge in [-0.25, -0.2) is 4.98 Å². The van der Waals surface area contributed by atoms with E-state index >= 15 is 0 Å². The molecule has 0 amide bonds. The molecule has 0 aliphatic carbocycles. The van der Waals surface area contributed by atoms with Crippen LogP contribution in [0.25, 0.3) is 0 Å². The molecule has 1 aliphatic rings. The molecule has 1 atom stereocenters. The Morgan fingerprint density at radius 1 is 1.36 bits per heavy atom. The predicted octanol–water partition coefficient (Wildman–Crippen LogP) is 2.05. The molecule has 1 aromatic rings. The fourth-order valence-electron chi connectivity index (χ4n) is 1.45. The Morgan fingerprint density at radius 3 is 2.64 bits per heavy atom. The van der Waals surface area contributed by atoms with Gasteiger partial charge in [-0.2, -0.15) is 0 Å². The lowest BCUT2D eigenvalue weighted by molar-refractivity contribution is 0.0276. The summed E-state index contributed by atoms with van der Waals surface area (Å²) < 4.78 is 5.57. The average Bonchev–Trinajstić information content (AvgIpc) is 2.18. The summed E-state index contributed by atoms with van der Waals surface area (Å²) in [6, 6.07) is 3.57. The highest BCUT2D eigenvalue weighted by molar-refractivity contribution is 6.32. The van der Waals surface area contributed by atoms with Crippen LogP contribution in [0.4, 0.5) is 0 Å². The van der Waals surface area contributed by atoms with Crippen molar-refractivity contribution in [2.24, 2.45) is 0 Å². The molecule has 0 aromatic carbocycles. The molecule has 1 aliphatic heterocycles. The lowest BCUT2D eigenvalue weighted by atomic mass is 10.1. The first-order valence-electron chi connectivity index (χ1n) is 4.41. The number of ether oxygens (including phenoxy) is 1. The third-order valence-corrected chi connectivity index (χ3v) is 2.47. The van der Waals surface area contributed by atoms with Gasteiger partial charge >= 0.3 is 0 Å². The standard InChI is InChI=1S/C9H10Cl2N2O/c10-8-3-6(4-9(11)13-8)7-5-12-1-2-14-7/h3-4,7,12H,1-2,5H2. The van der Waals surface area contributed by atoms with Crippen molar-refractivity contribution in [3.63, 3.8) is 0 Å². The van der Waals surface area contributed by atoms with Gasteiger partial charge in [0.05, 0.1) is 12.7 Å². The molecule has 1 N–H and O–H groups in total. The van der Waals surface area contributed by atoms with Gasteiger partial charge in [0.1, 0.15) is 10.3 Å². The van der Waals surface area contributed by atoms with Crippen LogP contribution in [-0.4, -0.2) is 24.7 Å². The largest absolute Gasteiger partial charge is 0.371 e. The SMILES string of the molecule is Clc1cc(C2CNCCO2)cc(Cl)n1. The molecule has 3 nitrogen and oxygen atoms in total. The van der Waals surface area contributed by atoms with Crippen molar-refractivity contribution < 1.29 is 4.74 Å². The molecule has 2 rings (SSSR count). The van der Waals surface area contributed by atoms with Crippen LogP contribution in [0.5, 0.6) is 0 Å². The van der Waals surface area contributed by atoms with Gasteiger partial charge in [-0.3, -0.25) is 0 Å². The second kappa shape index (κ2) is 4.45. The van der Waals surface area contributed by atoms with Gasteiger partial charge in [0.15, 0.2) is 0 Å². The van der Waals surface area contributed by atoms with Crippen LogP contribution in [-0.2, 0) is 4.74 Å². The van der Waals surface area contributed by atoms with Crippen molar-refractivity contribution in [3.8, 4) is 0 Å². The van der Waals surface area contributed by atoms with E-state index in [1.54, 1.807) is 12.1 Å². The Kier molecular flexibility index (Phi) is 3.23. The van der Waals surface area contributed by atoms with E-state index in [0.29, 0.717) is 16.9 Å². The smallest absolute Gasteiger partial charge is 0.131 e. The summed E-state index contributed by atoms with van der Waals surface area (Å²) in [6.07, 6.45) is 0.0294. The number of nitrogens with one attached hydrogen (secondary N) is 1. The van der Waals surface area contributed by atoms with E-state index in [-0.39, 0.29) is 6.10 Å². The van der Waals surface area contributed by atoms with Crippen LogP contribution >= 0.6 is 23.2 Å². The van der Waals surface area contributed by atoms with E-state index in [1.165, 1.54) is 0 Å². The van der Waals surface area contributed by atoms with Gasteiger partial charge in [-0.15, -0.1) is 0 Å². The van der Waals surface area contributed by atoms with E-state index in [4.69, 9.17) is 27.9 Å². The number of nitrogens with zero attached hydrogens (tertiary/aromatic N) is 1. The van der Waals surface area contributed by atoms with Crippen molar-refractivity contribution in [2.75, 3.05) is 19.7 Å². The summed E-state index contributed by atoms with van der Waals surface area (Å²) in [7, 11) is 0. The number of aromatic nitrogens is 1. The Labute approximate surface area is 92.4 Å². The van der Waals surface area contributed by atoms with Crippen molar-refractivity contribution in [1.29, 1.82) is 0 Å². The van der Waals surface area contributed by atoms with Gasteiger partial charge in [-0.05, 0) is 17.7 Å². The third kappa shape index (κ3) is 2.36. The number of pyridine rings is 1. The topological polar surface area (TPSA) is 34.1 Å². The molecule has 1 saturated heterocycles. The molecule has 0 bridgehead atoms. The van der Waals surface area contributed by atoms with Crippen molar-refractivity contribution >= 4 is 23.2 Å². The van der Waals surface area contributed by atoms with E-state index in [9.17, 15) is 0 Å². The molecular formula is C9H10Cl2N2O. The molecule has 76 valence electrons. The molecule has 5 heteroatoms. The summed E-state index contributed by atoms with van der Waals surface area (Å²) in [5.41, 5.74) is 0.974. The zero-order valence-electron chi connectivity index (χ0n) is 7.46. The summed E-state index contributed by atoms with van der Waals surface area (Å²) in [5.74, 6) is 0. The Bertz CT molecular complexity index is 306. The van der Waals surface area contributed by atoms with Gasteiger partial charge in [0, 0.05) is 13.1 Å². The van der Waals surface area contributed by atoms with Crippen LogP contribution in [0.2, 0.25) is 10.3 Å². The third-order valence-electron chi connectivity index (χ3n) is 2.08. The number of hydrogen-bond acceptors (Lipinski definition) is 3. The monoisotopic (exact) mass is 232 g/mol. The second-order valence-corrected chi connectivity index (χ2v) is 3.88. The molecule has 14 heavy (non-hydrogen) atoms. The minimum atomic E-state index is 0.0294. The first-order chi connectivity index (χ1) is 6.75. The minimum absolute atomic E-state index is 0.0294. The molecular weight excluding hydrogens is 223 g/mol. The van der Waals surface area contributed by atoms with Crippen LogP contribution in [0.15, 0.2) is 12.1 Å². The van der Waals surface area contributed by atoms with Crippen LogP contribution in [0.3, 0.4) is 0 Å². The molecule has 1 unspecified atom stereocenters. The normalized spacial score (nSPS) is 22.3. The molecule has 1 aromatic heterocycles. The Hall–Kier alpha value is -0.350. The lowest BCUT2D eigenvalue weighted by Gasteiger charge is -2.23. The average molecular weight is 233 g/mol. The number of morpholine rings is 1. The summed E-state index contributed by atoms with van der Waals surface area (Å²) in [4.78, 5) is 3.88. The maximum atomic E-state index is 5.80. The zero-order valence-corrected chi connectivity index (χ0v) is 8.98. The molecule has 0 spiro atoms. The van der Waals surface area contributed by atoms with Gasteiger partial charge in [-0.1, -0.05) is 23.2 Å². The summed E-state index contributed by atoms with van der Waals surface area (Å²) >= 11 is 11.6. The van der Waals surface area contributed by atoms with E-state index in [0.717, 1.165) is 18.7 Å². The van der Waals surface area contributed by atoms with Gasteiger partial charge in [0.25, 0.3) is 0 Å². The van der Waals surface area contributed by atoms with Gasteiger partial charge < -0.3 is 10.1 Å².